The molecule has 1 aromatic heterocycles. The molecule has 0 fully saturated rings. The van der Waals surface area contributed by atoms with Gasteiger partial charge in [-0.1, -0.05) is 19.1 Å². The number of nitrogens with one attached hydrogen (secondary N) is 1. The molecule has 1 aromatic carbocycles. The fourth-order valence-corrected chi connectivity index (χ4v) is 1.56. The van der Waals surface area contributed by atoms with Gasteiger partial charge < -0.3 is 10.1 Å². The van der Waals surface area contributed by atoms with Gasteiger partial charge in [0.15, 0.2) is 0 Å². The molecule has 5 heteroatoms. The van der Waals surface area contributed by atoms with E-state index in [2.05, 4.69) is 15.5 Å². The van der Waals surface area contributed by atoms with Gasteiger partial charge in [0.1, 0.15) is 0 Å². The Hall–Kier alpha value is -2.43. The van der Waals surface area contributed by atoms with E-state index in [1.165, 1.54) is 0 Å². The summed E-state index contributed by atoms with van der Waals surface area (Å²) < 4.78 is 4.96. The minimum absolute atomic E-state index is 0.00279. The summed E-state index contributed by atoms with van der Waals surface area (Å²) in [5.41, 5.74) is 2.47. The third-order valence-corrected chi connectivity index (χ3v) is 2.63. The molecule has 5 nitrogen and oxygen atoms in total. The van der Waals surface area contributed by atoms with Crippen molar-refractivity contribution in [2.24, 2.45) is 0 Å². The van der Waals surface area contributed by atoms with Crippen molar-refractivity contribution in [1.29, 1.82) is 0 Å². The van der Waals surface area contributed by atoms with Gasteiger partial charge in [0.25, 0.3) is 0 Å². The van der Waals surface area contributed by atoms with Crippen molar-refractivity contribution >= 4 is 11.6 Å². The van der Waals surface area contributed by atoms with Crippen LogP contribution in [-0.2, 0) is 4.79 Å². The Labute approximate surface area is 111 Å². The third kappa shape index (κ3) is 3.28. The lowest BCUT2D eigenvalue weighted by Crippen LogP contribution is -2.09. The molecule has 1 heterocycles. The van der Waals surface area contributed by atoms with Gasteiger partial charge in [-0.2, -0.15) is 0 Å². The topological polar surface area (TPSA) is 64.1 Å². The lowest BCUT2D eigenvalue weighted by atomic mass is 10.1. The van der Waals surface area contributed by atoms with Crippen LogP contribution in [0.2, 0.25) is 0 Å². The Morgan fingerprint density at radius 1 is 1.16 bits per heavy atom. The van der Waals surface area contributed by atoms with Gasteiger partial charge in [-0.3, -0.25) is 4.79 Å². The van der Waals surface area contributed by atoms with Crippen LogP contribution in [0.15, 0.2) is 36.4 Å². The van der Waals surface area contributed by atoms with Crippen molar-refractivity contribution in [3.63, 3.8) is 0 Å². The van der Waals surface area contributed by atoms with Gasteiger partial charge in [-0.05, 0) is 18.2 Å². The Bertz CT molecular complexity index is 550. The Balaban J connectivity index is 2.14. The number of hydrogen-bond acceptors (Lipinski definition) is 4. The van der Waals surface area contributed by atoms with Gasteiger partial charge in [0.05, 0.1) is 12.8 Å². The number of aromatic nitrogens is 2. The molecule has 1 N–H and O–H groups in total. The molecule has 19 heavy (non-hydrogen) atoms. The van der Waals surface area contributed by atoms with E-state index >= 15 is 0 Å². The fourth-order valence-electron chi connectivity index (χ4n) is 1.56. The zero-order valence-corrected chi connectivity index (χ0v) is 10.9. The molecule has 0 saturated carbocycles. The molecule has 2 aromatic rings. The highest BCUT2D eigenvalue weighted by atomic mass is 16.5. The first-order valence-corrected chi connectivity index (χ1v) is 6.01. The number of amides is 1. The molecular weight excluding hydrogens is 242 g/mol. The summed E-state index contributed by atoms with van der Waals surface area (Å²) in [6.45, 7) is 1.82. The number of nitrogens with zero attached hydrogens (tertiary/aromatic N) is 2. The van der Waals surface area contributed by atoms with E-state index in [-0.39, 0.29) is 5.91 Å². The van der Waals surface area contributed by atoms with Crippen LogP contribution in [0, 0.1) is 0 Å². The minimum Gasteiger partial charge on any atom is -0.480 e. The van der Waals surface area contributed by atoms with Gasteiger partial charge in [0.2, 0.25) is 11.8 Å². The molecule has 0 saturated heterocycles. The summed E-state index contributed by atoms with van der Waals surface area (Å²) in [6, 6.07) is 11.1. The molecule has 0 aliphatic rings. The quantitative estimate of drug-likeness (QED) is 0.914. The average molecular weight is 257 g/mol. The van der Waals surface area contributed by atoms with Crippen LogP contribution in [0.4, 0.5) is 5.69 Å². The predicted molar refractivity (Wildman–Crippen MR) is 72.9 cm³/mol. The summed E-state index contributed by atoms with van der Waals surface area (Å²) in [6.07, 6.45) is 0.464. The summed E-state index contributed by atoms with van der Waals surface area (Å²) in [4.78, 5) is 11.3. The molecule has 1 amide bonds. The van der Waals surface area contributed by atoms with Crippen molar-refractivity contribution in [3.8, 4) is 17.1 Å². The summed E-state index contributed by atoms with van der Waals surface area (Å²) >= 11 is 0. The average Bonchev–Trinajstić information content (AvgIpc) is 2.48. The first-order chi connectivity index (χ1) is 9.22. The smallest absolute Gasteiger partial charge is 0.233 e. The highest BCUT2D eigenvalue weighted by molar-refractivity contribution is 5.90. The summed E-state index contributed by atoms with van der Waals surface area (Å²) in [5.74, 6) is 0.479. The van der Waals surface area contributed by atoms with Crippen molar-refractivity contribution in [2.45, 2.75) is 13.3 Å². The second-order valence-corrected chi connectivity index (χ2v) is 3.94. The molecule has 0 aliphatic heterocycles. The lowest BCUT2D eigenvalue weighted by molar-refractivity contribution is -0.115. The van der Waals surface area contributed by atoms with Gasteiger partial charge in [0, 0.05) is 23.7 Å². The highest BCUT2D eigenvalue weighted by Crippen LogP contribution is 2.20. The summed E-state index contributed by atoms with van der Waals surface area (Å²) in [5, 5.41) is 10.8. The van der Waals surface area contributed by atoms with E-state index in [9.17, 15) is 4.79 Å². The maximum Gasteiger partial charge on any atom is 0.233 e. The maximum atomic E-state index is 11.3. The third-order valence-electron chi connectivity index (χ3n) is 2.63. The fraction of sp³-hybridized carbons (Fsp3) is 0.214. The van der Waals surface area contributed by atoms with E-state index in [1.54, 1.807) is 13.2 Å². The Morgan fingerprint density at radius 3 is 2.42 bits per heavy atom. The normalized spacial score (nSPS) is 10.0. The van der Waals surface area contributed by atoms with Crippen molar-refractivity contribution in [3.05, 3.63) is 36.4 Å². The first kappa shape index (κ1) is 13.0. The molecule has 0 atom stereocenters. The van der Waals surface area contributed by atoms with Crippen LogP contribution in [0.5, 0.6) is 5.88 Å². The monoisotopic (exact) mass is 257 g/mol. The molecule has 0 spiro atoms. The van der Waals surface area contributed by atoms with Crippen molar-refractivity contribution in [1.82, 2.24) is 10.2 Å². The zero-order valence-electron chi connectivity index (χ0n) is 10.9. The van der Waals surface area contributed by atoms with Crippen LogP contribution >= 0.6 is 0 Å². The first-order valence-electron chi connectivity index (χ1n) is 6.01. The second-order valence-electron chi connectivity index (χ2n) is 3.94. The molecule has 98 valence electrons. The molecule has 2 rings (SSSR count). The molecule has 0 radical (unpaired) electrons. The largest absolute Gasteiger partial charge is 0.480 e. The number of carbonyl (C=O) groups is 1. The van der Waals surface area contributed by atoms with Gasteiger partial charge >= 0.3 is 0 Å². The zero-order chi connectivity index (χ0) is 13.7. The van der Waals surface area contributed by atoms with Crippen molar-refractivity contribution < 1.29 is 9.53 Å². The number of benzene rings is 1. The van der Waals surface area contributed by atoms with E-state index in [1.807, 2.05) is 37.3 Å². The molecule has 0 bridgehead atoms. The minimum atomic E-state index is -0.00279. The number of carbonyl (C=O) groups excluding carboxylic acids is 1. The van der Waals surface area contributed by atoms with E-state index in [0.717, 1.165) is 16.9 Å². The standard InChI is InChI=1S/C14H15N3O2/c1-3-13(18)15-11-6-4-10(5-7-11)12-8-9-14(19-2)17-16-12/h4-9H,3H2,1-2H3,(H,15,18). The lowest BCUT2D eigenvalue weighted by Gasteiger charge is -2.05. The summed E-state index contributed by atoms with van der Waals surface area (Å²) in [7, 11) is 1.55. The second kappa shape index (κ2) is 5.95. The maximum absolute atomic E-state index is 11.3. The van der Waals surface area contributed by atoms with Crippen LogP contribution in [-0.4, -0.2) is 23.2 Å². The molecule has 0 unspecified atom stereocenters. The van der Waals surface area contributed by atoms with Crippen LogP contribution < -0.4 is 10.1 Å². The van der Waals surface area contributed by atoms with E-state index in [0.29, 0.717) is 12.3 Å². The van der Waals surface area contributed by atoms with E-state index < -0.39 is 0 Å². The van der Waals surface area contributed by atoms with Crippen LogP contribution in [0.25, 0.3) is 11.3 Å². The molecule has 0 aliphatic carbocycles. The Kier molecular flexibility index (Phi) is 4.07. The van der Waals surface area contributed by atoms with Crippen molar-refractivity contribution in [2.75, 3.05) is 12.4 Å². The number of ether oxygens (including phenoxy) is 1. The Morgan fingerprint density at radius 2 is 1.89 bits per heavy atom. The number of rotatable bonds is 4. The van der Waals surface area contributed by atoms with Gasteiger partial charge in [-0.15, -0.1) is 10.2 Å². The van der Waals surface area contributed by atoms with Crippen LogP contribution in [0.3, 0.4) is 0 Å². The number of methoxy groups -OCH3 is 1. The number of anilines is 1. The predicted octanol–water partition coefficient (Wildman–Crippen LogP) is 2.50. The van der Waals surface area contributed by atoms with Crippen LogP contribution in [0.1, 0.15) is 13.3 Å². The van der Waals surface area contributed by atoms with E-state index in [4.69, 9.17) is 4.74 Å². The van der Waals surface area contributed by atoms with Gasteiger partial charge in [-0.25, -0.2) is 0 Å². The number of hydrogen-bond donors (Lipinski definition) is 1. The highest BCUT2D eigenvalue weighted by Gasteiger charge is 2.03. The molecular formula is C14H15N3O2. The SMILES string of the molecule is CCC(=O)Nc1ccc(-c2ccc(OC)nn2)cc1.